The Kier molecular flexibility index (Phi) is 4.54. The summed E-state index contributed by atoms with van der Waals surface area (Å²) in [6.07, 6.45) is 0. The minimum absolute atomic E-state index is 0.440. The fraction of sp³-hybridized carbons (Fsp3) is 0.0435. The predicted molar refractivity (Wildman–Crippen MR) is 105 cm³/mol. The Hall–Kier alpha value is -3.66. The molecule has 3 aromatic carbocycles. The zero-order chi connectivity index (χ0) is 18.6. The van der Waals surface area contributed by atoms with Crippen LogP contribution in [-0.4, -0.2) is 11.7 Å². The zero-order valence-electron chi connectivity index (χ0n) is 14.8. The van der Waals surface area contributed by atoms with Crippen LogP contribution in [0, 0.1) is 6.92 Å². The molecule has 0 atom stereocenters. The molecule has 0 aliphatic carbocycles. The Morgan fingerprint density at radius 2 is 1.41 bits per heavy atom. The second-order valence-electron chi connectivity index (χ2n) is 6.10. The summed E-state index contributed by atoms with van der Waals surface area (Å²) < 4.78 is 6.03. The number of benzene rings is 3. The van der Waals surface area contributed by atoms with Crippen molar-refractivity contribution in [3.63, 3.8) is 0 Å². The molecule has 0 aliphatic rings. The van der Waals surface area contributed by atoms with Crippen LogP contribution in [0.4, 0.5) is 0 Å². The summed E-state index contributed by atoms with van der Waals surface area (Å²) in [7, 11) is 0. The van der Waals surface area contributed by atoms with Gasteiger partial charge in [0.2, 0.25) is 0 Å². The maximum Gasteiger partial charge on any atom is 0.365 e. The minimum Gasteiger partial charge on any atom is -0.454 e. The molecule has 0 aliphatic heterocycles. The molecular formula is C23H17NO3. The van der Waals surface area contributed by atoms with Crippen molar-refractivity contribution in [1.29, 1.82) is 0 Å². The summed E-state index contributed by atoms with van der Waals surface area (Å²) in [4.78, 5) is 17.5. The van der Waals surface area contributed by atoms with E-state index in [9.17, 15) is 4.79 Å². The molecule has 0 saturated heterocycles. The topological polar surface area (TPSA) is 51.8 Å². The van der Waals surface area contributed by atoms with Gasteiger partial charge < -0.3 is 9.25 Å². The van der Waals surface area contributed by atoms with Gasteiger partial charge in [0.25, 0.3) is 0 Å². The number of hydrogen-bond acceptors (Lipinski definition) is 4. The van der Waals surface area contributed by atoms with E-state index < -0.39 is 5.97 Å². The van der Waals surface area contributed by atoms with Gasteiger partial charge in [0.05, 0.1) is 5.56 Å². The standard InChI is InChI=1S/C23H17NO3/c1-16-19-14-8-9-15-20(19)26-22(16)21(17-10-4-2-5-11-17)24-27-23(25)18-12-6-3-7-13-18/h2-15H,1H3/b24-21+. The molecule has 1 heterocycles. The van der Waals surface area contributed by atoms with Crippen LogP contribution in [0.1, 0.15) is 27.2 Å². The highest BCUT2D eigenvalue weighted by Crippen LogP contribution is 2.27. The van der Waals surface area contributed by atoms with Crippen LogP contribution in [0.2, 0.25) is 0 Å². The molecule has 0 N–H and O–H groups in total. The summed E-state index contributed by atoms with van der Waals surface area (Å²) in [5, 5.41) is 5.18. The quantitative estimate of drug-likeness (QED) is 0.282. The van der Waals surface area contributed by atoms with E-state index in [0.717, 1.165) is 22.1 Å². The highest BCUT2D eigenvalue weighted by molar-refractivity contribution is 6.14. The van der Waals surface area contributed by atoms with Crippen LogP contribution in [-0.2, 0) is 4.84 Å². The van der Waals surface area contributed by atoms with Crippen molar-refractivity contribution in [2.45, 2.75) is 6.92 Å². The van der Waals surface area contributed by atoms with E-state index in [4.69, 9.17) is 9.25 Å². The van der Waals surface area contributed by atoms with E-state index >= 15 is 0 Å². The number of para-hydroxylation sites is 1. The van der Waals surface area contributed by atoms with Crippen molar-refractivity contribution >= 4 is 22.7 Å². The van der Waals surface area contributed by atoms with E-state index in [0.29, 0.717) is 17.0 Å². The van der Waals surface area contributed by atoms with Crippen molar-refractivity contribution in [2.24, 2.45) is 5.16 Å². The molecule has 0 fully saturated rings. The van der Waals surface area contributed by atoms with Gasteiger partial charge in [-0.3, -0.25) is 0 Å². The monoisotopic (exact) mass is 355 g/mol. The van der Waals surface area contributed by atoms with Crippen molar-refractivity contribution in [1.82, 2.24) is 0 Å². The molecule has 27 heavy (non-hydrogen) atoms. The number of rotatable bonds is 4. The molecule has 4 heteroatoms. The number of furan rings is 1. The zero-order valence-corrected chi connectivity index (χ0v) is 14.8. The summed E-state index contributed by atoms with van der Waals surface area (Å²) in [6.45, 7) is 1.97. The van der Waals surface area contributed by atoms with Crippen molar-refractivity contribution in [2.75, 3.05) is 0 Å². The summed E-state index contributed by atoms with van der Waals surface area (Å²) in [5.74, 6) is 0.0704. The maximum absolute atomic E-state index is 12.3. The molecule has 1 aromatic heterocycles. The van der Waals surface area contributed by atoms with E-state index in [-0.39, 0.29) is 0 Å². The molecule has 0 unspecified atom stereocenters. The number of aryl methyl sites for hydroxylation is 1. The Bertz CT molecular complexity index is 1110. The van der Waals surface area contributed by atoms with Crippen molar-refractivity contribution in [3.8, 4) is 0 Å². The second kappa shape index (κ2) is 7.30. The van der Waals surface area contributed by atoms with E-state index in [1.807, 2.05) is 67.6 Å². The Balaban J connectivity index is 1.78. The molecule has 4 nitrogen and oxygen atoms in total. The highest BCUT2D eigenvalue weighted by atomic mass is 16.7. The van der Waals surface area contributed by atoms with Crippen LogP contribution < -0.4 is 0 Å². The van der Waals surface area contributed by atoms with Crippen LogP contribution in [0.15, 0.2) is 94.5 Å². The number of carbonyl (C=O) groups is 1. The third-order valence-corrected chi connectivity index (χ3v) is 4.34. The number of nitrogens with zero attached hydrogens (tertiary/aromatic N) is 1. The fourth-order valence-electron chi connectivity index (χ4n) is 2.94. The lowest BCUT2D eigenvalue weighted by molar-refractivity contribution is 0.0516. The van der Waals surface area contributed by atoms with E-state index in [1.54, 1.807) is 24.3 Å². The minimum atomic E-state index is -0.516. The molecule has 0 saturated carbocycles. The number of hydrogen-bond donors (Lipinski definition) is 0. The number of fused-ring (bicyclic) bond motifs is 1. The molecular weight excluding hydrogens is 338 g/mol. The van der Waals surface area contributed by atoms with Gasteiger partial charge in [-0.2, -0.15) is 0 Å². The Morgan fingerprint density at radius 3 is 2.07 bits per heavy atom. The number of oxime groups is 1. The average molecular weight is 355 g/mol. The first-order chi connectivity index (χ1) is 13.2. The molecule has 4 aromatic rings. The normalized spacial score (nSPS) is 11.5. The summed E-state index contributed by atoms with van der Waals surface area (Å²) in [6, 6.07) is 26.1. The van der Waals surface area contributed by atoms with Crippen molar-refractivity contribution in [3.05, 3.63) is 107 Å². The molecule has 132 valence electrons. The average Bonchev–Trinajstić information content (AvgIpc) is 3.06. The second-order valence-corrected chi connectivity index (χ2v) is 6.10. The lowest BCUT2D eigenvalue weighted by Crippen LogP contribution is -2.08. The summed E-state index contributed by atoms with van der Waals surface area (Å²) >= 11 is 0. The molecule has 4 rings (SSSR count). The first kappa shape index (κ1) is 16.8. The van der Waals surface area contributed by atoms with Gasteiger partial charge in [-0.05, 0) is 25.1 Å². The highest BCUT2D eigenvalue weighted by Gasteiger charge is 2.19. The van der Waals surface area contributed by atoms with Crippen LogP contribution in [0.25, 0.3) is 11.0 Å². The van der Waals surface area contributed by atoms with Crippen LogP contribution in [0.3, 0.4) is 0 Å². The smallest absolute Gasteiger partial charge is 0.365 e. The van der Waals surface area contributed by atoms with Crippen LogP contribution in [0.5, 0.6) is 0 Å². The lowest BCUT2D eigenvalue weighted by atomic mass is 10.0. The Morgan fingerprint density at radius 1 is 0.815 bits per heavy atom. The SMILES string of the molecule is Cc1c(/C(=N/OC(=O)c2ccccc2)c2ccccc2)oc2ccccc12. The van der Waals surface area contributed by atoms with Gasteiger partial charge in [0.15, 0.2) is 11.5 Å². The predicted octanol–water partition coefficient (Wildman–Crippen LogP) is 5.35. The molecule has 0 radical (unpaired) electrons. The van der Waals surface area contributed by atoms with Crippen molar-refractivity contribution < 1.29 is 14.0 Å². The molecule has 0 spiro atoms. The molecule has 0 amide bonds. The third-order valence-electron chi connectivity index (χ3n) is 4.34. The Labute approximate surface area is 156 Å². The van der Waals surface area contributed by atoms with E-state index in [2.05, 4.69) is 5.16 Å². The van der Waals surface area contributed by atoms with Gasteiger partial charge in [0, 0.05) is 16.5 Å². The fourth-order valence-corrected chi connectivity index (χ4v) is 2.94. The van der Waals surface area contributed by atoms with Gasteiger partial charge >= 0.3 is 5.97 Å². The maximum atomic E-state index is 12.3. The lowest BCUT2D eigenvalue weighted by Gasteiger charge is -2.05. The van der Waals surface area contributed by atoms with Gasteiger partial charge in [-0.15, -0.1) is 0 Å². The first-order valence-electron chi connectivity index (χ1n) is 8.62. The number of carbonyl (C=O) groups excluding carboxylic acids is 1. The largest absolute Gasteiger partial charge is 0.454 e. The third kappa shape index (κ3) is 3.37. The first-order valence-corrected chi connectivity index (χ1v) is 8.62. The van der Waals surface area contributed by atoms with Gasteiger partial charge in [0.1, 0.15) is 5.58 Å². The van der Waals surface area contributed by atoms with Gasteiger partial charge in [-0.1, -0.05) is 71.9 Å². The summed E-state index contributed by atoms with van der Waals surface area (Å²) in [5.41, 5.74) is 3.44. The molecule has 0 bridgehead atoms. The van der Waals surface area contributed by atoms with Crippen LogP contribution >= 0.6 is 0 Å². The van der Waals surface area contributed by atoms with Gasteiger partial charge in [-0.25, -0.2) is 4.79 Å². The van der Waals surface area contributed by atoms with E-state index in [1.165, 1.54) is 0 Å².